The summed E-state index contributed by atoms with van der Waals surface area (Å²) >= 11 is 7.07. The van der Waals surface area contributed by atoms with Crippen molar-refractivity contribution in [1.29, 1.82) is 0 Å². The summed E-state index contributed by atoms with van der Waals surface area (Å²) in [6, 6.07) is 1.49. The standard InChI is InChI=1S/C10H14ClFN2S/c1-5(2)4-15-10-7(14)3-6(13)8(11)9(10)12/h3,5H,4,13-14H2,1-2H3. The molecule has 0 amide bonds. The smallest absolute Gasteiger partial charge is 0.159 e. The van der Waals surface area contributed by atoms with E-state index < -0.39 is 5.82 Å². The molecule has 0 spiro atoms. The first kappa shape index (κ1) is 12.5. The Balaban J connectivity index is 3.02. The summed E-state index contributed by atoms with van der Waals surface area (Å²) in [5, 5.41) is -0.0459. The normalized spacial score (nSPS) is 11.0. The van der Waals surface area contributed by atoms with E-state index in [1.54, 1.807) is 0 Å². The van der Waals surface area contributed by atoms with E-state index in [-0.39, 0.29) is 10.7 Å². The van der Waals surface area contributed by atoms with Gasteiger partial charge in [0, 0.05) is 5.75 Å². The summed E-state index contributed by atoms with van der Waals surface area (Å²) in [4.78, 5) is 0.392. The second-order valence-electron chi connectivity index (χ2n) is 3.72. The summed E-state index contributed by atoms with van der Waals surface area (Å²) < 4.78 is 13.7. The fourth-order valence-corrected chi connectivity index (χ4v) is 2.21. The maximum atomic E-state index is 13.7. The third kappa shape index (κ3) is 2.92. The van der Waals surface area contributed by atoms with Crippen molar-refractivity contribution in [1.82, 2.24) is 0 Å². The SMILES string of the molecule is CC(C)CSc1c(N)cc(N)c(Cl)c1F. The molecule has 0 radical (unpaired) electrons. The van der Waals surface area contributed by atoms with Crippen molar-refractivity contribution < 1.29 is 4.39 Å². The second kappa shape index (κ2) is 4.94. The molecule has 0 atom stereocenters. The summed E-state index contributed by atoms with van der Waals surface area (Å²) in [6.45, 7) is 4.11. The first-order valence-corrected chi connectivity index (χ1v) is 5.95. The van der Waals surface area contributed by atoms with Gasteiger partial charge in [-0.1, -0.05) is 25.4 Å². The van der Waals surface area contributed by atoms with Crippen LogP contribution in [0.5, 0.6) is 0 Å². The molecular weight excluding hydrogens is 235 g/mol. The van der Waals surface area contributed by atoms with E-state index in [0.717, 1.165) is 5.75 Å². The largest absolute Gasteiger partial charge is 0.398 e. The number of nitrogen functional groups attached to an aromatic ring is 2. The minimum atomic E-state index is -0.514. The molecule has 0 aliphatic rings. The number of rotatable bonds is 3. The van der Waals surface area contributed by atoms with E-state index in [2.05, 4.69) is 13.8 Å². The predicted octanol–water partition coefficient (Wildman–Crippen LogP) is 3.39. The molecule has 0 bridgehead atoms. The fourth-order valence-electron chi connectivity index (χ4n) is 1.05. The molecule has 0 aromatic heterocycles. The molecule has 0 heterocycles. The van der Waals surface area contributed by atoms with Crippen molar-refractivity contribution in [3.63, 3.8) is 0 Å². The van der Waals surface area contributed by atoms with Gasteiger partial charge in [0.25, 0.3) is 0 Å². The van der Waals surface area contributed by atoms with Gasteiger partial charge in [0.1, 0.15) is 5.02 Å². The fraction of sp³-hybridized carbons (Fsp3) is 0.400. The van der Waals surface area contributed by atoms with E-state index in [0.29, 0.717) is 16.5 Å². The average Bonchev–Trinajstić information content (AvgIpc) is 2.14. The maximum absolute atomic E-state index is 13.7. The minimum Gasteiger partial charge on any atom is -0.398 e. The molecule has 84 valence electrons. The molecule has 1 aromatic carbocycles. The summed E-state index contributed by atoms with van der Waals surface area (Å²) in [5.41, 5.74) is 11.7. The highest BCUT2D eigenvalue weighted by atomic mass is 35.5. The Hall–Kier alpha value is -0.610. The Kier molecular flexibility index (Phi) is 4.11. The Bertz CT molecular complexity index is 369. The topological polar surface area (TPSA) is 52.0 Å². The molecule has 0 aliphatic carbocycles. The van der Waals surface area contributed by atoms with Crippen LogP contribution in [0.1, 0.15) is 13.8 Å². The van der Waals surface area contributed by atoms with Gasteiger partial charge in [-0.2, -0.15) is 0 Å². The lowest BCUT2D eigenvalue weighted by molar-refractivity contribution is 0.604. The number of hydrogen-bond acceptors (Lipinski definition) is 3. The van der Waals surface area contributed by atoms with Crippen LogP contribution in [0.25, 0.3) is 0 Å². The van der Waals surface area contributed by atoms with Gasteiger partial charge >= 0.3 is 0 Å². The van der Waals surface area contributed by atoms with Crippen LogP contribution in [-0.2, 0) is 0 Å². The molecule has 15 heavy (non-hydrogen) atoms. The Labute approximate surface area is 98.2 Å². The van der Waals surface area contributed by atoms with E-state index >= 15 is 0 Å². The van der Waals surface area contributed by atoms with Gasteiger partial charge in [-0.25, -0.2) is 4.39 Å². The van der Waals surface area contributed by atoms with Gasteiger partial charge < -0.3 is 11.5 Å². The van der Waals surface area contributed by atoms with Crippen LogP contribution in [0.4, 0.5) is 15.8 Å². The number of benzene rings is 1. The average molecular weight is 249 g/mol. The molecule has 0 aliphatic heterocycles. The summed E-state index contributed by atoms with van der Waals surface area (Å²) in [5.74, 6) is 0.742. The van der Waals surface area contributed by atoms with Crippen molar-refractivity contribution in [3.8, 4) is 0 Å². The molecular formula is C10H14ClFN2S. The highest BCUT2D eigenvalue weighted by molar-refractivity contribution is 7.99. The number of anilines is 2. The van der Waals surface area contributed by atoms with Crippen LogP contribution < -0.4 is 11.5 Å². The molecule has 2 nitrogen and oxygen atoms in total. The van der Waals surface area contributed by atoms with Crippen LogP contribution in [0, 0.1) is 11.7 Å². The van der Waals surface area contributed by atoms with Gasteiger partial charge in [0.2, 0.25) is 0 Å². The van der Waals surface area contributed by atoms with Crippen molar-refractivity contribution in [2.75, 3.05) is 17.2 Å². The number of thioether (sulfide) groups is 1. The van der Waals surface area contributed by atoms with E-state index in [9.17, 15) is 4.39 Å². The van der Waals surface area contributed by atoms with Crippen molar-refractivity contribution >= 4 is 34.7 Å². The Morgan fingerprint density at radius 1 is 1.40 bits per heavy atom. The Morgan fingerprint density at radius 2 is 2.00 bits per heavy atom. The number of hydrogen-bond donors (Lipinski definition) is 2. The third-order valence-electron chi connectivity index (χ3n) is 1.78. The first-order valence-electron chi connectivity index (χ1n) is 4.59. The minimum absolute atomic E-state index is 0.0459. The molecule has 0 fully saturated rings. The lowest BCUT2D eigenvalue weighted by atomic mass is 10.3. The van der Waals surface area contributed by atoms with Gasteiger partial charge in [-0.15, -0.1) is 11.8 Å². The van der Waals surface area contributed by atoms with E-state index in [1.165, 1.54) is 17.8 Å². The molecule has 4 N–H and O–H groups in total. The molecule has 5 heteroatoms. The van der Waals surface area contributed by atoms with Gasteiger partial charge in [0.05, 0.1) is 16.3 Å². The van der Waals surface area contributed by atoms with Crippen LogP contribution >= 0.6 is 23.4 Å². The highest BCUT2D eigenvalue weighted by Gasteiger charge is 2.14. The van der Waals surface area contributed by atoms with Crippen LogP contribution in [0.15, 0.2) is 11.0 Å². The molecule has 0 unspecified atom stereocenters. The second-order valence-corrected chi connectivity index (χ2v) is 5.13. The monoisotopic (exact) mass is 248 g/mol. The quantitative estimate of drug-likeness (QED) is 0.637. The lowest BCUT2D eigenvalue weighted by Crippen LogP contribution is -2.00. The first-order chi connectivity index (χ1) is 6.93. The molecule has 1 rings (SSSR count). The lowest BCUT2D eigenvalue weighted by Gasteiger charge is -2.11. The molecule has 0 saturated heterocycles. The third-order valence-corrected chi connectivity index (χ3v) is 3.70. The van der Waals surface area contributed by atoms with Gasteiger partial charge in [-0.3, -0.25) is 0 Å². The van der Waals surface area contributed by atoms with Crippen LogP contribution in [-0.4, -0.2) is 5.75 Å². The summed E-state index contributed by atoms with van der Waals surface area (Å²) in [6.07, 6.45) is 0. The summed E-state index contributed by atoms with van der Waals surface area (Å²) in [7, 11) is 0. The number of halogens is 2. The zero-order valence-corrected chi connectivity index (χ0v) is 10.3. The molecule has 1 aromatic rings. The zero-order valence-electron chi connectivity index (χ0n) is 8.68. The van der Waals surface area contributed by atoms with Gasteiger partial charge in [0.15, 0.2) is 5.82 Å². The van der Waals surface area contributed by atoms with Gasteiger partial charge in [-0.05, 0) is 12.0 Å². The molecule has 0 saturated carbocycles. The van der Waals surface area contributed by atoms with E-state index in [1.807, 2.05) is 0 Å². The predicted molar refractivity (Wildman–Crippen MR) is 65.8 cm³/mol. The highest BCUT2D eigenvalue weighted by Crippen LogP contribution is 2.36. The van der Waals surface area contributed by atoms with Crippen molar-refractivity contribution in [2.24, 2.45) is 5.92 Å². The number of nitrogens with two attached hydrogens (primary N) is 2. The zero-order chi connectivity index (χ0) is 11.6. The van der Waals surface area contributed by atoms with Crippen LogP contribution in [0.2, 0.25) is 5.02 Å². The van der Waals surface area contributed by atoms with E-state index in [4.69, 9.17) is 23.1 Å². The van der Waals surface area contributed by atoms with Crippen LogP contribution in [0.3, 0.4) is 0 Å². The van der Waals surface area contributed by atoms with Crippen molar-refractivity contribution in [3.05, 3.63) is 16.9 Å². The maximum Gasteiger partial charge on any atom is 0.159 e. The van der Waals surface area contributed by atoms with Crippen molar-refractivity contribution in [2.45, 2.75) is 18.7 Å². The Morgan fingerprint density at radius 3 is 2.53 bits per heavy atom.